The highest BCUT2D eigenvalue weighted by atomic mass is 32.2. The van der Waals surface area contributed by atoms with Gasteiger partial charge in [-0.15, -0.1) is 11.8 Å². The Morgan fingerprint density at radius 3 is 2.83 bits per heavy atom. The molecule has 0 atom stereocenters. The maximum absolute atomic E-state index is 12.2. The minimum Gasteiger partial charge on any atom is -0.332 e. The Bertz CT molecular complexity index is 679. The van der Waals surface area contributed by atoms with Crippen molar-refractivity contribution in [1.29, 1.82) is 0 Å². The van der Waals surface area contributed by atoms with Crippen molar-refractivity contribution in [2.45, 2.75) is 37.2 Å². The summed E-state index contributed by atoms with van der Waals surface area (Å²) in [4.78, 5) is 19.4. The number of aryl methyl sites for hydroxylation is 1. The molecule has 1 aliphatic carbocycles. The van der Waals surface area contributed by atoms with Gasteiger partial charge >= 0.3 is 6.03 Å². The van der Waals surface area contributed by atoms with Gasteiger partial charge in [0.2, 0.25) is 0 Å². The molecular formula is C18H24N4OS. The SMILES string of the molecule is Cc1ccc(SCCN(C)C(=O)NCc2cncn2C2CC2)cc1. The quantitative estimate of drug-likeness (QED) is 0.783. The number of nitrogens with zero attached hydrogens (tertiary/aromatic N) is 3. The second kappa shape index (κ2) is 7.75. The van der Waals surface area contributed by atoms with E-state index in [0.717, 1.165) is 11.4 Å². The number of hydrogen-bond donors (Lipinski definition) is 1. The van der Waals surface area contributed by atoms with Gasteiger partial charge < -0.3 is 14.8 Å². The number of hydrogen-bond acceptors (Lipinski definition) is 3. The van der Waals surface area contributed by atoms with E-state index < -0.39 is 0 Å². The third-order valence-electron chi connectivity index (χ3n) is 4.17. The van der Waals surface area contributed by atoms with E-state index in [4.69, 9.17) is 0 Å². The van der Waals surface area contributed by atoms with E-state index in [9.17, 15) is 4.79 Å². The van der Waals surface area contributed by atoms with Gasteiger partial charge in [-0.25, -0.2) is 9.78 Å². The molecule has 6 heteroatoms. The van der Waals surface area contributed by atoms with Gasteiger partial charge in [-0.05, 0) is 31.9 Å². The van der Waals surface area contributed by atoms with Crippen molar-refractivity contribution in [3.63, 3.8) is 0 Å². The van der Waals surface area contributed by atoms with Gasteiger partial charge in [-0.1, -0.05) is 17.7 Å². The number of aromatic nitrogens is 2. The van der Waals surface area contributed by atoms with Crippen LogP contribution in [0.2, 0.25) is 0 Å². The van der Waals surface area contributed by atoms with Crippen molar-refractivity contribution in [3.8, 4) is 0 Å². The van der Waals surface area contributed by atoms with Gasteiger partial charge in [0.1, 0.15) is 0 Å². The summed E-state index contributed by atoms with van der Waals surface area (Å²) in [5.41, 5.74) is 2.34. The molecule has 5 nitrogen and oxygen atoms in total. The molecular weight excluding hydrogens is 320 g/mol. The highest BCUT2D eigenvalue weighted by molar-refractivity contribution is 7.99. The average molecular weight is 344 g/mol. The highest BCUT2D eigenvalue weighted by Gasteiger charge is 2.25. The maximum Gasteiger partial charge on any atom is 0.317 e. The zero-order valence-electron chi connectivity index (χ0n) is 14.2. The average Bonchev–Trinajstić information content (AvgIpc) is 3.32. The van der Waals surface area contributed by atoms with Crippen molar-refractivity contribution in [2.75, 3.05) is 19.3 Å². The minimum atomic E-state index is -0.0388. The number of carbonyl (C=O) groups excluding carboxylic acids is 1. The molecule has 0 spiro atoms. The van der Waals surface area contributed by atoms with Gasteiger partial charge in [0.25, 0.3) is 0 Å². The van der Waals surface area contributed by atoms with Crippen LogP contribution in [0, 0.1) is 6.92 Å². The second-order valence-corrected chi connectivity index (χ2v) is 7.43. The third kappa shape index (κ3) is 4.54. The number of benzene rings is 1. The van der Waals surface area contributed by atoms with Crippen LogP contribution < -0.4 is 5.32 Å². The van der Waals surface area contributed by atoms with Crippen molar-refractivity contribution < 1.29 is 4.79 Å². The molecule has 0 radical (unpaired) electrons. The fraction of sp³-hybridized carbons (Fsp3) is 0.444. The van der Waals surface area contributed by atoms with Crippen LogP contribution in [0.25, 0.3) is 0 Å². The predicted octanol–water partition coefficient (Wildman–Crippen LogP) is 3.46. The van der Waals surface area contributed by atoms with E-state index >= 15 is 0 Å². The van der Waals surface area contributed by atoms with Crippen LogP contribution in [0.15, 0.2) is 41.7 Å². The fourth-order valence-electron chi connectivity index (χ4n) is 2.49. The molecule has 0 bridgehead atoms. The largest absolute Gasteiger partial charge is 0.332 e. The molecule has 1 heterocycles. The number of urea groups is 1. The summed E-state index contributed by atoms with van der Waals surface area (Å²) < 4.78 is 2.17. The molecule has 0 saturated heterocycles. The van der Waals surface area contributed by atoms with Crippen LogP contribution in [0.1, 0.15) is 30.1 Å². The molecule has 128 valence electrons. The highest BCUT2D eigenvalue weighted by Crippen LogP contribution is 2.35. The Labute approximate surface area is 147 Å². The first-order valence-corrected chi connectivity index (χ1v) is 9.31. The summed E-state index contributed by atoms with van der Waals surface area (Å²) >= 11 is 1.77. The lowest BCUT2D eigenvalue weighted by Crippen LogP contribution is -2.38. The molecule has 0 aliphatic heterocycles. The van der Waals surface area contributed by atoms with Gasteiger partial charge in [-0.3, -0.25) is 0 Å². The van der Waals surface area contributed by atoms with Crippen LogP contribution in [0.4, 0.5) is 4.79 Å². The Morgan fingerprint density at radius 1 is 1.38 bits per heavy atom. The van der Waals surface area contributed by atoms with E-state index in [1.54, 1.807) is 16.7 Å². The smallest absolute Gasteiger partial charge is 0.317 e. The zero-order valence-corrected chi connectivity index (χ0v) is 15.1. The van der Waals surface area contributed by atoms with Crippen molar-refractivity contribution in [2.24, 2.45) is 0 Å². The molecule has 1 saturated carbocycles. The fourth-order valence-corrected chi connectivity index (χ4v) is 3.42. The van der Waals surface area contributed by atoms with E-state index in [0.29, 0.717) is 19.1 Å². The first kappa shape index (κ1) is 16.9. The summed E-state index contributed by atoms with van der Waals surface area (Å²) in [6.45, 7) is 3.33. The van der Waals surface area contributed by atoms with Crippen LogP contribution in [0.3, 0.4) is 0 Å². The van der Waals surface area contributed by atoms with Gasteiger partial charge in [-0.2, -0.15) is 0 Å². The molecule has 2 aromatic rings. The van der Waals surface area contributed by atoms with Crippen LogP contribution in [-0.2, 0) is 6.54 Å². The van der Waals surface area contributed by atoms with Gasteiger partial charge in [0.15, 0.2) is 0 Å². The predicted molar refractivity (Wildman–Crippen MR) is 97.3 cm³/mol. The van der Waals surface area contributed by atoms with Crippen LogP contribution >= 0.6 is 11.8 Å². The first-order chi connectivity index (χ1) is 11.6. The van der Waals surface area contributed by atoms with Crippen molar-refractivity contribution in [1.82, 2.24) is 19.8 Å². The number of thioether (sulfide) groups is 1. The molecule has 1 aromatic heterocycles. The minimum absolute atomic E-state index is 0.0388. The zero-order chi connectivity index (χ0) is 16.9. The van der Waals surface area contributed by atoms with Gasteiger partial charge in [0.05, 0.1) is 18.6 Å². The summed E-state index contributed by atoms with van der Waals surface area (Å²) in [6.07, 6.45) is 6.13. The first-order valence-electron chi connectivity index (χ1n) is 8.32. The molecule has 3 rings (SSSR count). The molecule has 24 heavy (non-hydrogen) atoms. The molecule has 1 aromatic carbocycles. The molecule has 0 unspecified atom stereocenters. The normalized spacial score (nSPS) is 13.8. The molecule has 2 amide bonds. The number of amides is 2. The number of imidazole rings is 1. The Kier molecular flexibility index (Phi) is 5.45. The van der Waals surface area contributed by atoms with E-state index in [1.165, 1.54) is 23.3 Å². The van der Waals surface area contributed by atoms with Crippen molar-refractivity contribution in [3.05, 3.63) is 48.0 Å². The Balaban J connectivity index is 1.39. The topological polar surface area (TPSA) is 50.2 Å². The number of carbonyl (C=O) groups is 1. The van der Waals surface area contributed by atoms with Crippen LogP contribution in [0.5, 0.6) is 0 Å². The van der Waals surface area contributed by atoms with E-state index in [-0.39, 0.29) is 6.03 Å². The van der Waals surface area contributed by atoms with Gasteiger partial charge in [0, 0.05) is 36.5 Å². The lowest BCUT2D eigenvalue weighted by molar-refractivity contribution is 0.210. The molecule has 1 N–H and O–H groups in total. The lowest BCUT2D eigenvalue weighted by Gasteiger charge is -2.18. The molecule has 1 aliphatic rings. The Hall–Kier alpha value is -1.95. The summed E-state index contributed by atoms with van der Waals surface area (Å²) in [6, 6.07) is 9.02. The summed E-state index contributed by atoms with van der Waals surface area (Å²) in [5.74, 6) is 0.882. The maximum atomic E-state index is 12.2. The number of nitrogens with one attached hydrogen (secondary N) is 1. The monoisotopic (exact) mass is 344 g/mol. The standard InChI is InChI=1S/C18H24N4OS/c1-14-3-7-17(8-4-14)24-10-9-21(2)18(23)20-12-16-11-19-13-22(16)15-5-6-15/h3-4,7-8,11,13,15H,5-6,9-10,12H2,1-2H3,(H,20,23). The summed E-state index contributed by atoms with van der Waals surface area (Å²) in [7, 11) is 1.84. The van der Waals surface area contributed by atoms with E-state index in [2.05, 4.69) is 46.1 Å². The molecule has 1 fully saturated rings. The lowest BCUT2D eigenvalue weighted by atomic mass is 10.2. The van der Waals surface area contributed by atoms with Crippen LogP contribution in [-0.4, -0.2) is 39.8 Å². The van der Waals surface area contributed by atoms with E-state index in [1.807, 2.05) is 19.6 Å². The second-order valence-electron chi connectivity index (χ2n) is 6.27. The Morgan fingerprint density at radius 2 is 2.12 bits per heavy atom. The third-order valence-corrected chi connectivity index (χ3v) is 5.16. The number of rotatable bonds is 7. The van der Waals surface area contributed by atoms with Crippen molar-refractivity contribution >= 4 is 17.8 Å². The summed E-state index contributed by atoms with van der Waals surface area (Å²) in [5, 5.41) is 2.98.